The number of amides is 1. The van der Waals surface area contributed by atoms with Crippen molar-refractivity contribution in [3.05, 3.63) is 16.1 Å². The molecule has 3 N–H and O–H groups in total. The summed E-state index contributed by atoms with van der Waals surface area (Å²) in [6.07, 6.45) is 0.781. The van der Waals surface area contributed by atoms with Crippen LogP contribution in [-0.4, -0.2) is 46.0 Å². The zero-order chi connectivity index (χ0) is 11.7. The fraction of sp³-hybridized carbons (Fsp3) is 0.444. The highest BCUT2D eigenvalue weighted by Gasteiger charge is 2.26. The number of carboxylic acid groups (broad SMARTS) is 1. The van der Waals surface area contributed by atoms with Gasteiger partial charge in [0.15, 0.2) is 10.7 Å². The van der Waals surface area contributed by atoms with Gasteiger partial charge in [-0.25, -0.2) is 9.78 Å². The Morgan fingerprint density at radius 3 is 2.88 bits per heavy atom. The molecule has 1 saturated heterocycles. The van der Waals surface area contributed by atoms with Crippen LogP contribution in [0.4, 0.5) is 0 Å². The number of nitrogens with two attached hydrogens (primary N) is 1. The Balaban J connectivity index is 2.11. The maximum absolute atomic E-state index is 11.9. The first-order valence-electron chi connectivity index (χ1n) is 4.81. The number of hydrogen-bond donors (Lipinski definition) is 2. The monoisotopic (exact) mass is 241 g/mol. The smallest absolute Gasteiger partial charge is 0.355 e. The van der Waals surface area contributed by atoms with Crippen LogP contribution in [0, 0.1) is 0 Å². The Morgan fingerprint density at radius 2 is 2.38 bits per heavy atom. The molecule has 2 rings (SSSR count). The average Bonchev–Trinajstić information content (AvgIpc) is 2.84. The quantitative estimate of drug-likeness (QED) is 0.760. The summed E-state index contributed by atoms with van der Waals surface area (Å²) in [5.74, 6) is -1.35. The van der Waals surface area contributed by atoms with E-state index in [1.165, 1.54) is 5.38 Å². The van der Waals surface area contributed by atoms with Crippen molar-refractivity contribution in [3.8, 4) is 0 Å². The van der Waals surface area contributed by atoms with E-state index in [4.69, 9.17) is 10.8 Å². The normalized spacial score (nSPS) is 20.1. The van der Waals surface area contributed by atoms with E-state index < -0.39 is 5.97 Å². The first kappa shape index (κ1) is 11.0. The van der Waals surface area contributed by atoms with Gasteiger partial charge in [-0.05, 0) is 6.42 Å². The molecule has 6 nitrogen and oxygen atoms in total. The van der Waals surface area contributed by atoms with E-state index >= 15 is 0 Å². The van der Waals surface area contributed by atoms with E-state index in [-0.39, 0.29) is 22.7 Å². The summed E-state index contributed by atoms with van der Waals surface area (Å²) in [5.41, 5.74) is 5.60. The van der Waals surface area contributed by atoms with Gasteiger partial charge in [-0.1, -0.05) is 0 Å². The van der Waals surface area contributed by atoms with Gasteiger partial charge in [0.2, 0.25) is 0 Å². The molecule has 86 valence electrons. The van der Waals surface area contributed by atoms with Crippen LogP contribution in [0.3, 0.4) is 0 Å². The molecule has 0 radical (unpaired) electrons. The van der Waals surface area contributed by atoms with Gasteiger partial charge in [-0.3, -0.25) is 4.79 Å². The lowest BCUT2D eigenvalue weighted by Gasteiger charge is -2.13. The van der Waals surface area contributed by atoms with E-state index in [1.807, 2.05) is 0 Å². The Bertz CT molecular complexity index is 431. The SMILES string of the molecule is NC1CCN(C(=O)c2nc(C(=O)O)cs2)C1. The number of nitrogens with zero attached hydrogens (tertiary/aromatic N) is 2. The number of likely N-dealkylation sites (tertiary alicyclic amines) is 1. The summed E-state index contributed by atoms with van der Waals surface area (Å²) in [6, 6.07) is 0.0165. The molecule has 1 atom stereocenters. The van der Waals surface area contributed by atoms with Crippen molar-refractivity contribution in [1.82, 2.24) is 9.88 Å². The third-order valence-electron chi connectivity index (χ3n) is 2.42. The van der Waals surface area contributed by atoms with E-state index in [2.05, 4.69) is 4.98 Å². The van der Waals surface area contributed by atoms with Crippen molar-refractivity contribution in [1.29, 1.82) is 0 Å². The molecule has 16 heavy (non-hydrogen) atoms. The minimum absolute atomic E-state index is 0.0165. The number of aromatic carboxylic acids is 1. The van der Waals surface area contributed by atoms with Crippen LogP contribution in [0.2, 0.25) is 0 Å². The molecule has 7 heteroatoms. The zero-order valence-corrected chi connectivity index (χ0v) is 9.24. The predicted molar refractivity (Wildman–Crippen MR) is 57.6 cm³/mol. The number of carbonyl (C=O) groups is 2. The number of thiazole rings is 1. The van der Waals surface area contributed by atoms with E-state index in [0.29, 0.717) is 13.1 Å². The van der Waals surface area contributed by atoms with Crippen LogP contribution in [0.1, 0.15) is 26.7 Å². The molecular weight excluding hydrogens is 230 g/mol. The molecule has 1 fully saturated rings. The Labute approximate surface area is 95.7 Å². The maximum Gasteiger partial charge on any atom is 0.355 e. The topological polar surface area (TPSA) is 96.5 Å². The standard InChI is InChI=1S/C9H11N3O3S/c10-5-1-2-12(3-5)8(13)7-11-6(4-16-7)9(14)15/h4-5H,1-3,10H2,(H,14,15). The van der Waals surface area contributed by atoms with Crippen LogP contribution in [-0.2, 0) is 0 Å². The molecular formula is C9H11N3O3S. The van der Waals surface area contributed by atoms with Crippen LogP contribution in [0.15, 0.2) is 5.38 Å². The van der Waals surface area contributed by atoms with E-state index in [9.17, 15) is 9.59 Å². The minimum Gasteiger partial charge on any atom is -0.476 e. The zero-order valence-electron chi connectivity index (χ0n) is 8.42. The summed E-state index contributed by atoms with van der Waals surface area (Å²) >= 11 is 1.05. The maximum atomic E-state index is 11.9. The highest BCUT2D eigenvalue weighted by molar-refractivity contribution is 7.11. The number of aromatic nitrogens is 1. The first-order valence-corrected chi connectivity index (χ1v) is 5.69. The lowest BCUT2D eigenvalue weighted by atomic mass is 10.3. The third-order valence-corrected chi connectivity index (χ3v) is 3.25. The van der Waals surface area contributed by atoms with Crippen LogP contribution < -0.4 is 5.73 Å². The van der Waals surface area contributed by atoms with Gasteiger partial charge in [0.1, 0.15) is 0 Å². The van der Waals surface area contributed by atoms with Crippen molar-refractivity contribution in [2.75, 3.05) is 13.1 Å². The van der Waals surface area contributed by atoms with Crippen molar-refractivity contribution in [3.63, 3.8) is 0 Å². The van der Waals surface area contributed by atoms with E-state index in [0.717, 1.165) is 17.8 Å². The second-order valence-electron chi connectivity index (χ2n) is 3.64. The van der Waals surface area contributed by atoms with Crippen molar-refractivity contribution < 1.29 is 14.7 Å². The number of carboxylic acids is 1. The highest BCUT2D eigenvalue weighted by Crippen LogP contribution is 2.16. The molecule has 0 saturated carbocycles. The molecule has 1 aromatic heterocycles. The number of hydrogen-bond acceptors (Lipinski definition) is 5. The van der Waals surface area contributed by atoms with Crippen molar-refractivity contribution >= 4 is 23.2 Å². The molecule has 1 aromatic rings. The van der Waals surface area contributed by atoms with Gasteiger partial charge in [-0.2, -0.15) is 0 Å². The van der Waals surface area contributed by atoms with Gasteiger partial charge < -0.3 is 15.7 Å². The summed E-state index contributed by atoms with van der Waals surface area (Å²) in [7, 11) is 0. The van der Waals surface area contributed by atoms with Gasteiger partial charge in [0, 0.05) is 24.5 Å². The summed E-state index contributed by atoms with van der Waals surface area (Å²) in [6.45, 7) is 1.13. The lowest BCUT2D eigenvalue weighted by molar-refractivity contribution is 0.0691. The number of carbonyl (C=O) groups excluding carboxylic acids is 1. The summed E-state index contributed by atoms with van der Waals surface area (Å²) in [4.78, 5) is 27.8. The Morgan fingerprint density at radius 1 is 1.62 bits per heavy atom. The highest BCUT2D eigenvalue weighted by atomic mass is 32.1. The third kappa shape index (κ3) is 2.05. The van der Waals surface area contributed by atoms with Crippen molar-refractivity contribution in [2.45, 2.75) is 12.5 Å². The fourth-order valence-corrected chi connectivity index (χ4v) is 2.33. The van der Waals surface area contributed by atoms with E-state index in [1.54, 1.807) is 4.90 Å². The number of rotatable bonds is 2. The van der Waals surface area contributed by atoms with Crippen LogP contribution in [0.5, 0.6) is 0 Å². The molecule has 1 unspecified atom stereocenters. The molecule has 1 aliphatic rings. The fourth-order valence-electron chi connectivity index (χ4n) is 1.58. The second kappa shape index (κ2) is 4.18. The molecule has 0 spiro atoms. The molecule has 1 aliphatic heterocycles. The van der Waals surface area contributed by atoms with Gasteiger partial charge >= 0.3 is 5.97 Å². The lowest BCUT2D eigenvalue weighted by Crippen LogP contribution is -2.31. The molecule has 0 aromatic carbocycles. The predicted octanol–water partition coefficient (Wildman–Crippen LogP) is 0.0145. The summed E-state index contributed by atoms with van der Waals surface area (Å²) in [5, 5.41) is 10.3. The molecule has 1 amide bonds. The van der Waals surface area contributed by atoms with Gasteiger partial charge in [-0.15, -0.1) is 11.3 Å². The van der Waals surface area contributed by atoms with Crippen molar-refractivity contribution in [2.24, 2.45) is 5.73 Å². The Hall–Kier alpha value is -1.47. The molecule has 0 bridgehead atoms. The molecule has 0 aliphatic carbocycles. The average molecular weight is 241 g/mol. The van der Waals surface area contributed by atoms with Gasteiger partial charge in [0.05, 0.1) is 0 Å². The first-order chi connectivity index (χ1) is 7.58. The van der Waals surface area contributed by atoms with Crippen LogP contribution >= 0.6 is 11.3 Å². The van der Waals surface area contributed by atoms with Gasteiger partial charge in [0.25, 0.3) is 5.91 Å². The molecule has 2 heterocycles. The minimum atomic E-state index is -1.12. The second-order valence-corrected chi connectivity index (χ2v) is 4.50. The summed E-state index contributed by atoms with van der Waals surface area (Å²) < 4.78 is 0. The largest absolute Gasteiger partial charge is 0.476 e. The van der Waals surface area contributed by atoms with Crippen LogP contribution in [0.25, 0.3) is 0 Å². The Kier molecular flexibility index (Phi) is 2.88.